The summed E-state index contributed by atoms with van der Waals surface area (Å²) < 4.78 is 11.7. The fourth-order valence-corrected chi connectivity index (χ4v) is 5.53. The Morgan fingerprint density at radius 1 is 0.976 bits per heavy atom. The molecule has 0 spiro atoms. The number of carboxylic acids is 1. The standard InChI is InChI=1S/C32H37Cl2N3O5/c1-4-41-22-10-13-25(33)24(20-22)23-11-14-27(30(38)36-32(31(39)40)15-6-5-7-16-32)35-29(23)21-9-12-26(34)28(19-21)42-18-8-17-37(2)3/h9-14,19-20H,4-8,15-18H2,1-3H3,(H,36,38)(H,39,40). The number of carbonyl (C=O) groups excluding carboxylic acids is 1. The Kier molecular flexibility index (Phi) is 10.7. The van der Waals surface area contributed by atoms with E-state index in [4.69, 9.17) is 37.7 Å². The lowest BCUT2D eigenvalue weighted by atomic mass is 9.81. The number of pyridine rings is 1. The van der Waals surface area contributed by atoms with Crippen LogP contribution in [-0.4, -0.2) is 66.3 Å². The number of aliphatic carboxylic acids is 1. The molecule has 2 aromatic carbocycles. The van der Waals surface area contributed by atoms with E-state index in [-0.39, 0.29) is 5.69 Å². The summed E-state index contributed by atoms with van der Waals surface area (Å²) in [6.45, 7) is 3.73. The van der Waals surface area contributed by atoms with Gasteiger partial charge in [-0.1, -0.05) is 48.5 Å². The van der Waals surface area contributed by atoms with E-state index in [9.17, 15) is 14.7 Å². The average molecular weight is 615 g/mol. The van der Waals surface area contributed by atoms with Gasteiger partial charge < -0.3 is 24.8 Å². The molecule has 0 radical (unpaired) electrons. The molecule has 1 heterocycles. The van der Waals surface area contributed by atoms with Crippen LogP contribution in [0.1, 0.15) is 55.9 Å². The summed E-state index contributed by atoms with van der Waals surface area (Å²) in [5, 5.41) is 13.7. The summed E-state index contributed by atoms with van der Waals surface area (Å²) in [7, 11) is 4.00. The molecule has 0 saturated heterocycles. The number of nitrogens with one attached hydrogen (secondary N) is 1. The minimum absolute atomic E-state index is 0.0976. The molecular weight excluding hydrogens is 577 g/mol. The van der Waals surface area contributed by atoms with E-state index in [1.54, 1.807) is 36.4 Å². The van der Waals surface area contributed by atoms with Crippen molar-refractivity contribution in [1.29, 1.82) is 0 Å². The third-order valence-corrected chi connectivity index (χ3v) is 7.99. The summed E-state index contributed by atoms with van der Waals surface area (Å²) in [6, 6.07) is 14.1. The van der Waals surface area contributed by atoms with Crippen molar-refractivity contribution in [3.8, 4) is 33.9 Å². The van der Waals surface area contributed by atoms with Crippen molar-refractivity contribution in [2.75, 3.05) is 33.9 Å². The maximum absolute atomic E-state index is 13.5. The van der Waals surface area contributed by atoms with Crippen LogP contribution >= 0.6 is 23.2 Å². The highest BCUT2D eigenvalue weighted by atomic mass is 35.5. The number of hydrogen-bond acceptors (Lipinski definition) is 6. The predicted octanol–water partition coefficient (Wildman–Crippen LogP) is 6.97. The monoisotopic (exact) mass is 613 g/mol. The molecule has 1 aliphatic rings. The summed E-state index contributed by atoms with van der Waals surface area (Å²) in [5.74, 6) is -0.431. The van der Waals surface area contributed by atoms with Gasteiger partial charge in [-0.2, -0.15) is 0 Å². The number of carboxylic acid groups (broad SMARTS) is 1. The minimum Gasteiger partial charge on any atom is -0.494 e. The van der Waals surface area contributed by atoms with Gasteiger partial charge in [-0.3, -0.25) is 4.79 Å². The number of nitrogens with zero attached hydrogens (tertiary/aromatic N) is 2. The molecule has 1 fully saturated rings. The second-order valence-corrected chi connectivity index (χ2v) is 11.5. The molecule has 1 aromatic heterocycles. The molecule has 1 saturated carbocycles. The Hall–Kier alpha value is -3.33. The maximum atomic E-state index is 13.5. The molecule has 4 rings (SSSR count). The number of amides is 1. The van der Waals surface area contributed by atoms with E-state index in [1.165, 1.54) is 0 Å². The van der Waals surface area contributed by atoms with Crippen molar-refractivity contribution in [3.63, 3.8) is 0 Å². The number of aromatic nitrogens is 1. The second kappa shape index (κ2) is 14.2. The zero-order valence-electron chi connectivity index (χ0n) is 24.2. The highest BCUT2D eigenvalue weighted by molar-refractivity contribution is 6.33. The van der Waals surface area contributed by atoms with E-state index >= 15 is 0 Å². The van der Waals surface area contributed by atoms with Gasteiger partial charge in [0.25, 0.3) is 5.91 Å². The van der Waals surface area contributed by atoms with Gasteiger partial charge in [-0.25, -0.2) is 9.78 Å². The third kappa shape index (κ3) is 7.54. The summed E-state index contributed by atoms with van der Waals surface area (Å²) in [4.78, 5) is 32.5. The van der Waals surface area contributed by atoms with Crippen molar-refractivity contribution in [2.24, 2.45) is 0 Å². The van der Waals surface area contributed by atoms with Gasteiger partial charge >= 0.3 is 5.97 Å². The first-order valence-corrected chi connectivity index (χ1v) is 15.0. The number of rotatable bonds is 12. The van der Waals surface area contributed by atoms with Gasteiger partial charge in [0, 0.05) is 28.3 Å². The molecule has 0 bridgehead atoms. The van der Waals surface area contributed by atoms with Crippen molar-refractivity contribution in [2.45, 2.75) is 51.0 Å². The lowest BCUT2D eigenvalue weighted by Gasteiger charge is -2.33. The number of carbonyl (C=O) groups is 2. The molecule has 224 valence electrons. The van der Waals surface area contributed by atoms with Crippen LogP contribution in [-0.2, 0) is 4.79 Å². The fourth-order valence-electron chi connectivity index (χ4n) is 5.14. The van der Waals surface area contributed by atoms with E-state index in [0.717, 1.165) is 32.2 Å². The molecule has 8 nitrogen and oxygen atoms in total. The zero-order chi connectivity index (χ0) is 30.3. The Morgan fingerprint density at radius 2 is 1.71 bits per heavy atom. The summed E-state index contributed by atoms with van der Waals surface area (Å²) >= 11 is 13.1. The van der Waals surface area contributed by atoms with E-state index < -0.39 is 17.4 Å². The number of benzene rings is 2. The molecular formula is C32H37Cl2N3O5. The van der Waals surface area contributed by atoms with Gasteiger partial charge in [0.1, 0.15) is 22.7 Å². The van der Waals surface area contributed by atoms with Crippen LogP contribution in [0.5, 0.6) is 11.5 Å². The van der Waals surface area contributed by atoms with Crippen LogP contribution in [0, 0.1) is 0 Å². The van der Waals surface area contributed by atoms with Gasteiger partial charge in [0.2, 0.25) is 0 Å². The normalized spacial score (nSPS) is 14.4. The fraction of sp³-hybridized carbons (Fsp3) is 0.406. The Balaban J connectivity index is 1.77. The number of halogens is 2. The first-order valence-electron chi connectivity index (χ1n) is 14.2. The molecule has 1 aliphatic carbocycles. The summed E-state index contributed by atoms with van der Waals surface area (Å²) in [6.07, 6.45) is 3.99. The van der Waals surface area contributed by atoms with Crippen LogP contribution < -0.4 is 14.8 Å². The SMILES string of the molecule is CCOc1ccc(Cl)c(-c2ccc(C(=O)NC3(C(=O)O)CCCCC3)nc2-c2ccc(Cl)c(OCCCN(C)C)c2)c1. The van der Waals surface area contributed by atoms with Crippen molar-refractivity contribution in [1.82, 2.24) is 15.2 Å². The molecule has 42 heavy (non-hydrogen) atoms. The quantitative estimate of drug-likeness (QED) is 0.213. The number of ether oxygens (including phenoxy) is 2. The van der Waals surface area contributed by atoms with Gasteiger partial charge in [0.05, 0.1) is 23.9 Å². The molecule has 10 heteroatoms. The van der Waals surface area contributed by atoms with Crippen molar-refractivity contribution < 1.29 is 24.2 Å². The van der Waals surface area contributed by atoms with E-state index in [0.29, 0.717) is 70.0 Å². The van der Waals surface area contributed by atoms with Crippen LogP contribution in [0.15, 0.2) is 48.5 Å². The molecule has 2 N–H and O–H groups in total. The maximum Gasteiger partial charge on any atom is 0.329 e. The largest absolute Gasteiger partial charge is 0.494 e. The van der Waals surface area contributed by atoms with E-state index in [2.05, 4.69) is 10.2 Å². The third-order valence-electron chi connectivity index (χ3n) is 7.35. The molecule has 1 amide bonds. The Labute approximate surface area is 256 Å². The van der Waals surface area contributed by atoms with E-state index in [1.807, 2.05) is 33.2 Å². The average Bonchev–Trinajstić information content (AvgIpc) is 2.97. The summed E-state index contributed by atoms with van der Waals surface area (Å²) in [5.41, 5.74) is 1.27. The molecule has 3 aromatic rings. The van der Waals surface area contributed by atoms with Gasteiger partial charge in [-0.05, 0) is 82.7 Å². The van der Waals surface area contributed by atoms with Crippen LogP contribution in [0.4, 0.5) is 0 Å². The van der Waals surface area contributed by atoms with Crippen LogP contribution in [0.2, 0.25) is 10.0 Å². The van der Waals surface area contributed by atoms with Gasteiger partial charge in [0.15, 0.2) is 0 Å². The first-order chi connectivity index (χ1) is 20.1. The second-order valence-electron chi connectivity index (χ2n) is 10.7. The van der Waals surface area contributed by atoms with Crippen LogP contribution in [0.25, 0.3) is 22.4 Å². The minimum atomic E-state index is -1.31. The Morgan fingerprint density at radius 3 is 2.40 bits per heavy atom. The first kappa shape index (κ1) is 31.6. The predicted molar refractivity (Wildman–Crippen MR) is 166 cm³/mol. The lowest BCUT2D eigenvalue weighted by Crippen LogP contribution is -2.55. The highest BCUT2D eigenvalue weighted by Gasteiger charge is 2.41. The van der Waals surface area contributed by atoms with Gasteiger partial charge in [-0.15, -0.1) is 0 Å². The molecule has 0 aliphatic heterocycles. The van der Waals surface area contributed by atoms with Crippen molar-refractivity contribution >= 4 is 35.1 Å². The molecule has 0 atom stereocenters. The zero-order valence-corrected chi connectivity index (χ0v) is 25.7. The topological polar surface area (TPSA) is 101 Å². The van der Waals surface area contributed by atoms with Crippen LogP contribution in [0.3, 0.4) is 0 Å². The molecule has 0 unspecified atom stereocenters. The Bertz CT molecular complexity index is 1420. The van der Waals surface area contributed by atoms with Crippen molar-refractivity contribution in [3.05, 3.63) is 64.3 Å². The smallest absolute Gasteiger partial charge is 0.329 e. The highest BCUT2D eigenvalue weighted by Crippen LogP contribution is 2.39. The number of hydrogen-bond donors (Lipinski definition) is 2. The lowest BCUT2D eigenvalue weighted by molar-refractivity contribution is -0.145.